The van der Waals surface area contributed by atoms with E-state index >= 15 is 0 Å². The Morgan fingerprint density at radius 2 is 1.93 bits per heavy atom. The zero-order valence-electron chi connectivity index (χ0n) is 16.5. The van der Waals surface area contributed by atoms with Crippen LogP contribution in [-0.2, 0) is 27.8 Å². The highest BCUT2D eigenvalue weighted by Gasteiger charge is 2.22. The smallest absolute Gasteiger partial charge is 0.306 e. The fourth-order valence-corrected chi connectivity index (χ4v) is 3.69. The first-order valence-corrected chi connectivity index (χ1v) is 9.83. The molecule has 1 aromatic heterocycles. The van der Waals surface area contributed by atoms with Gasteiger partial charge in [0, 0.05) is 26.6 Å². The van der Waals surface area contributed by atoms with Crippen LogP contribution in [0.3, 0.4) is 0 Å². The van der Waals surface area contributed by atoms with Crippen LogP contribution < -0.4 is 5.56 Å². The Bertz CT molecular complexity index is 915. The molecule has 0 bridgehead atoms. The van der Waals surface area contributed by atoms with Crippen molar-refractivity contribution in [3.8, 4) is 0 Å². The number of aromatic nitrogens is 2. The van der Waals surface area contributed by atoms with Crippen molar-refractivity contribution in [1.82, 2.24) is 14.5 Å². The van der Waals surface area contributed by atoms with Gasteiger partial charge in [0.2, 0.25) is 0 Å². The highest BCUT2D eigenvalue weighted by molar-refractivity contribution is 5.81. The lowest BCUT2D eigenvalue weighted by Crippen LogP contribution is -2.40. The summed E-state index contributed by atoms with van der Waals surface area (Å²) in [5, 5.41) is 0.549. The number of likely N-dealkylation sites (N-methyl/N-ethyl adjacent to an activating group) is 1. The number of carbonyl (C=O) groups excluding carboxylic acids is 2. The number of ether oxygens (including phenoxy) is 1. The molecule has 7 nitrogen and oxygen atoms in total. The Labute approximate surface area is 164 Å². The minimum atomic E-state index is -0.465. The first-order valence-electron chi connectivity index (χ1n) is 9.83. The zero-order chi connectivity index (χ0) is 20.1. The monoisotopic (exact) mass is 385 g/mol. The predicted octanol–water partition coefficient (Wildman–Crippen LogP) is 2.20. The lowest BCUT2D eigenvalue weighted by Gasteiger charge is -2.31. The SMILES string of the molecule is CN(C(=O)COC(=O)CCc1nc2ccccc2c(=O)n1C)C1CCCCC1. The van der Waals surface area contributed by atoms with E-state index in [-0.39, 0.29) is 37.0 Å². The summed E-state index contributed by atoms with van der Waals surface area (Å²) in [5.74, 6) is -0.115. The van der Waals surface area contributed by atoms with Gasteiger partial charge in [0.05, 0.1) is 17.3 Å². The standard InChI is InChI=1S/C21H27N3O4/c1-23(15-8-4-3-5-9-15)19(25)14-28-20(26)13-12-18-22-17-11-7-6-10-16(17)21(27)24(18)2/h6-7,10-11,15H,3-5,8-9,12-14H2,1-2H3. The molecular formula is C21H27N3O4. The van der Waals surface area contributed by atoms with Crippen LogP contribution in [0.15, 0.2) is 29.1 Å². The van der Waals surface area contributed by atoms with Crippen LogP contribution in [0.4, 0.5) is 0 Å². The number of amides is 1. The van der Waals surface area contributed by atoms with Crippen LogP contribution in [0, 0.1) is 0 Å². The molecule has 1 amide bonds. The number of hydrogen-bond donors (Lipinski definition) is 0. The number of fused-ring (bicyclic) bond motifs is 1. The third-order valence-corrected chi connectivity index (χ3v) is 5.50. The summed E-state index contributed by atoms with van der Waals surface area (Å²) in [6.45, 7) is -0.240. The van der Waals surface area contributed by atoms with Gasteiger partial charge in [-0.25, -0.2) is 4.98 Å². The van der Waals surface area contributed by atoms with Crippen molar-refractivity contribution in [2.75, 3.05) is 13.7 Å². The maximum atomic E-state index is 12.4. The second kappa shape index (κ2) is 8.99. The number of aryl methyl sites for hydroxylation is 1. The number of benzene rings is 1. The summed E-state index contributed by atoms with van der Waals surface area (Å²) in [5.41, 5.74) is 0.469. The molecule has 0 radical (unpaired) electrons. The van der Waals surface area contributed by atoms with Gasteiger partial charge in [-0.05, 0) is 25.0 Å². The maximum absolute atomic E-state index is 12.4. The number of carbonyl (C=O) groups is 2. The lowest BCUT2D eigenvalue weighted by atomic mass is 9.94. The molecule has 2 aromatic rings. The van der Waals surface area contributed by atoms with Crippen LogP contribution in [0.5, 0.6) is 0 Å². The van der Waals surface area contributed by atoms with Gasteiger partial charge in [-0.15, -0.1) is 0 Å². The molecule has 1 fully saturated rings. The highest BCUT2D eigenvalue weighted by atomic mass is 16.5. The molecule has 0 unspecified atom stereocenters. The van der Waals surface area contributed by atoms with Crippen molar-refractivity contribution in [2.24, 2.45) is 7.05 Å². The van der Waals surface area contributed by atoms with Crippen molar-refractivity contribution < 1.29 is 14.3 Å². The molecular weight excluding hydrogens is 358 g/mol. The van der Waals surface area contributed by atoms with Crippen LogP contribution in [-0.4, -0.2) is 46.0 Å². The number of esters is 1. The third kappa shape index (κ3) is 4.58. The van der Waals surface area contributed by atoms with Crippen molar-refractivity contribution in [1.29, 1.82) is 0 Å². The second-order valence-electron chi connectivity index (χ2n) is 7.37. The van der Waals surface area contributed by atoms with Crippen molar-refractivity contribution in [3.63, 3.8) is 0 Å². The van der Waals surface area contributed by atoms with Crippen LogP contribution in [0.2, 0.25) is 0 Å². The summed E-state index contributed by atoms with van der Waals surface area (Å²) in [7, 11) is 3.42. The van der Waals surface area contributed by atoms with E-state index in [1.807, 2.05) is 6.07 Å². The van der Waals surface area contributed by atoms with Crippen LogP contribution in [0.1, 0.15) is 44.3 Å². The summed E-state index contributed by atoms with van der Waals surface area (Å²) in [4.78, 5) is 42.9. The number of para-hydroxylation sites is 1. The van der Waals surface area contributed by atoms with Gasteiger partial charge in [-0.2, -0.15) is 0 Å². The van der Waals surface area contributed by atoms with Gasteiger partial charge in [0.25, 0.3) is 11.5 Å². The van der Waals surface area contributed by atoms with Crippen molar-refractivity contribution in [3.05, 3.63) is 40.4 Å². The average Bonchev–Trinajstić information content (AvgIpc) is 2.73. The van der Waals surface area contributed by atoms with E-state index in [0.29, 0.717) is 16.7 Å². The van der Waals surface area contributed by atoms with E-state index in [9.17, 15) is 14.4 Å². The highest BCUT2D eigenvalue weighted by Crippen LogP contribution is 2.21. The van der Waals surface area contributed by atoms with Gasteiger partial charge >= 0.3 is 5.97 Å². The molecule has 7 heteroatoms. The zero-order valence-corrected chi connectivity index (χ0v) is 16.5. The van der Waals surface area contributed by atoms with Gasteiger partial charge in [0.1, 0.15) is 5.82 Å². The quantitative estimate of drug-likeness (QED) is 0.712. The topological polar surface area (TPSA) is 81.5 Å². The molecule has 0 saturated heterocycles. The van der Waals surface area contributed by atoms with Gasteiger partial charge in [-0.1, -0.05) is 31.4 Å². The third-order valence-electron chi connectivity index (χ3n) is 5.50. The fourth-order valence-electron chi connectivity index (χ4n) is 3.69. The van der Waals surface area contributed by atoms with Crippen LogP contribution >= 0.6 is 0 Å². The Morgan fingerprint density at radius 1 is 1.21 bits per heavy atom. The summed E-state index contributed by atoms with van der Waals surface area (Å²) >= 11 is 0. The Hall–Kier alpha value is -2.70. The average molecular weight is 385 g/mol. The van der Waals surface area contributed by atoms with Gasteiger partial charge in [0.15, 0.2) is 6.61 Å². The molecule has 0 N–H and O–H groups in total. The Kier molecular flexibility index (Phi) is 6.44. The molecule has 28 heavy (non-hydrogen) atoms. The Morgan fingerprint density at radius 3 is 2.68 bits per heavy atom. The van der Waals surface area contributed by atoms with Gasteiger partial charge in [-0.3, -0.25) is 19.0 Å². The van der Waals surface area contributed by atoms with E-state index in [1.165, 1.54) is 11.0 Å². The molecule has 3 rings (SSSR count). The summed E-state index contributed by atoms with van der Waals surface area (Å²) < 4.78 is 6.61. The van der Waals surface area contributed by atoms with Gasteiger partial charge < -0.3 is 9.64 Å². The number of nitrogens with zero attached hydrogens (tertiary/aromatic N) is 3. The second-order valence-corrected chi connectivity index (χ2v) is 7.37. The molecule has 1 aromatic carbocycles. The predicted molar refractivity (Wildman–Crippen MR) is 106 cm³/mol. The fraction of sp³-hybridized carbons (Fsp3) is 0.524. The molecule has 150 valence electrons. The maximum Gasteiger partial charge on any atom is 0.306 e. The van der Waals surface area contributed by atoms with E-state index in [2.05, 4.69) is 4.98 Å². The van der Waals surface area contributed by atoms with E-state index in [1.54, 1.807) is 37.2 Å². The van der Waals surface area contributed by atoms with E-state index < -0.39 is 5.97 Å². The molecule has 1 saturated carbocycles. The minimum absolute atomic E-state index is 0.0685. The number of rotatable bonds is 6. The summed E-state index contributed by atoms with van der Waals surface area (Å²) in [6, 6.07) is 7.37. The first kappa shape index (κ1) is 20.0. The van der Waals surface area contributed by atoms with Crippen LogP contribution in [0.25, 0.3) is 10.9 Å². The summed E-state index contributed by atoms with van der Waals surface area (Å²) in [6.07, 6.45) is 5.87. The molecule has 1 heterocycles. The molecule has 0 aliphatic heterocycles. The first-order chi connectivity index (χ1) is 13.5. The van der Waals surface area contributed by atoms with E-state index in [0.717, 1.165) is 25.7 Å². The molecule has 0 spiro atoms. The minimum Gasteiger partial charge on any atom is -0.456 e. The Balaban J connectivity index is 1.53. The normalized spacial score (nSPS) is 14.8. The molecule has 1 aliphatic carbocycles. The van der Waals surface area contributed by atoms with Crippen molar-refractivity contribution in [2.45, 2.75) is 51.0 Å². The largest absolute Gasteiger partial charge is 0.456 e. The molecule has 0 atom stereocenters. The van der Waals surface area contributed by atoms with Crippen molar-refractivity contribution >= 4 is 22.8 Å². The molecule has 1 aliphatic rings. The number of hydrogen-bond acceptors (Lipinski definition) is 5. The lowest BCUT2D eigenvalue weighted by molar-refractivity contribution is -0.152. The van der Waals surface area contributed by atoms with E-state index in [4.69, 9.17) is 4.74 Å².